The second-order valence-corrected chi connectivity index (χ2v) is 6.30. The fourth-order valence-electron chi connectivity index (χ4n) is 1.76. The van der Waals surface area contributed by atoms with E-state index >= 15 is 0 Å². The summed E-state index contributed by atoms with van der Waals surface area (Å²) in [5.74, 6) is 0.714. The predicted molar refractivity (Wildman–Crippen MR) is 83.6 cm³/mol. The minimum Gasteiger partial charge on any atom is -0.497 e. The molecule has 1 N–H and O–H groups in total. The molecule has 0 saturated carbocycles. The van der Waals surface area contributed by atoms with Gasteiger partial charge in [0, 0.05) is 0 Å². The van der Waals surface area contributed by atoms with Crippen molar-refractivity contribution in [1.29, 1.82) is 0 Å². The first-order chi connectivity index (χ1) is 10.5. The van der Waals surface area contributed by atoms with Gasteiger partial charge in [0.1, 0.15) is 5.75 Å². The van der Waals surface area contributed by atoms with E-state index in [0.717, 1.165) is 16.7 Å². The van der Waals surface area contributed by atoms with E-state index < -0.39 is 7.82 Å². The number of benzene rings is 2. The molecule has 0 aromatic heterocycles. The Labute approximate surface area is 130 Å². The topological polar surface area (TPSA) is 65.0 Å². The van der Waals surface area contributed by atoms with Gasteiger partial charge in [0.15, 0.2) is 0 Å². The summed E-state index contributed by atoms with van der Waals surface area (Å²) in [6.07, 6.45) is 0. The molecule has 0 radical (unpaired) electrons. The van der Waals surface area contributed by atoms with E-state index in [-0.39, 0.29) is 13.2 Å². The lowest BCUT2D eigenvalue weighted by molar-refractivity contribution is 0.137. The normalized spacial score (nSPS) is 13.6. The van der Waals surface area contributed by atoms with Crippen molar-refractivity contribution in [2.45, 2.75) is 20.1 Å². The van der Waals surface area contributed by atoms with Crippen molar-refractivity contribution in [2.24, 2.45) is 0 Å². The van der Waals surface area contributed by atoms with Crippen molar-refractivity contribution in [3.63, 3.8) is 0 Å². The molecule has 0 aliphatic rings. The number of ether oxygens (including phenoxy) is 1. The maximum Gasteiger partial charge on any atom is 0.472 e. The third-order valence-electron chi connectivity index (χ3n) is 3.07. The summed E-state index contributed by atoms with van der Waals surface area (Å²) in [5.41, 5.74) is 2.69. The Morgan fingerprint density at radius 3 is 1.82 bits per heavy atom. The molecular formula is C16H19O5P. The zero-order valence-corrected chi connectivity index (χ0v) is 13.5. The van der Waals surface area contributed by atoms with Crippen LogP contribution in [0.2, 0.25) is 0 Å². The van der Waals surface area contributed by atoms with Crippen LogP contribution in [0.5, 0.6) is 5.75 Å². The third-order valence-corrected chi connectivity index (χ3v) is 3.98. The van der Waals surface area contributed by atoms with Crippen molar-refractivity contribution in [3.8, 4) is 5.75 Å². The van der Waals surface area contributed by atoms with Gasteiger partial charge in [-0.25, -0.2) is 4.57 Å². The van der Waals surface area contributed by atoms with Crippen molar-refractivity contribution in [3.05, 3.63) is 65.2 Å². The van der Waals surface area contributed by atoms with Gasteiger partial charge >= 0.3 is 7.82 Å². The lowest BCUT2D eigenvalue weighted by Crippen LogP contribution is -1.97. The largest absolute Gasteiger partial charge is 0.497 e. The van der Waals surface area contributed by atoms with Crippen LogP contribution in [0, 0.1) is 6.92 Å². The molecule has 0 bridgehead atoms. The van der Waals surface area contributed by atoms with E-state index in [2.05, 4.69) is 0 Å². The standard InChI is InChI=1S/C16H19O5P/c1-13-3-5-14(6-4-13)11-20-22(17,18)21-12-15-7-9-16(19-2)10-8-15/h3-10H,11-12H2,1-2H3,(H,17,18). The fourth-order valence-corrected chi connectivity index (χ4v) is 2.45. The molecule has 2 aromatic rings. The first-order valence-corrected chi connectivity index (χ1v) is 8.28. The van der Waals surface area contributed by atoms with E-state index in [1.165, 1.54) is 0 Å². The molecule has 5 nitrogen and oxygen atoms in total. The molecule has 1 atom stereocenters. The molecule has 6 heteroatoms. The van der Waals surface area contributed by atoms with E-state index in [1.807, 2.05) is 31.2 Å². The van der Waals surface area contributed by atoms with Gasteiger partial charge in [0.25, 0.3) is 0 Å². The van der Waals surface area contributed by atoms with Gasteiger partial charge in [-0.05, 0) is 30.2 Å². The summed E-state index contributed by atoms with van der Waals surface area (Å²) >= 11 is 0. The number of rotatable bonds is 7. The molecule has 1 unspecified atom stereocenters. The summed E-state index contributed by atoms with van der Waals surface area (Å²) in [6.45, 7) is 1.99. The number of methoxy groups -OCH3 is 1. The molecular weight excluding hydrogens is 303 g/mol. The maximum absolute atomic E-state index is 11.8. The van der Waals surface area contributed by atoms with Gasteiger partial charge in [0.05, 0.1) is 20.3 Å². The molecule has 0 aliphatic carbocycles. The zero-order valence-electron chi connectivity index (χ0n) is 12.6. The highest BCUT2D eigenvalue weighted by molar-refractivity contribution is 7.47. The van der Waals surface area contributed by atoms with Crippen LogP contribution >= 0.6 is 7.82 Å². The summed E-state index contributed by atoms with van der Waals surface area (Å²) in [5, 5.41) is 0. The van der Waals surface area contributed by atoms with E-state index in [0.29, 0.717) is 5.75 Å². The van der Waals surface area contributed by atoms with Crippen LogP contribution in [0.1, 0.15) is 16.7 Å². The van der Waals surface area contributed by atoms with Crippen LogP contribution in [0.4, 0.5) is 0 Å². The summed E-state index contributed by atoms with van der Waals surface area (Å²) in [4.78, 5) is 9.68. The molecule has 2 aromatic carbocycles. The van der Waals surface area contributed by atoms with Gasteiger partial charge in [-0.1, -0.05) is 42.0 Å². The number of hydrogen-bond donors (Lipinski definition) is 1. The third kappa shape index (κ3) is 5.28. The first kappa shape index (κ1) is 16.7. The number of phosphoric ester groups is 1. The van der Waals surface area contributed by atoms with Gasteiger partial charge in [-0.3, -0.25) is 9.05 Å². The van der Waals surface area contributed by atoms with Crippen molar-refractivity contribution >= 4 is 7.82 Å². The molecule has 0 spiro atoms. The number of phosphoric acid groups is 1. The highest BCUT2D eigenvalue weighted by atomic mass is 31.2. The monoisotopic (exact) mass is 322 g/mol. The van der Waals surface area contributed by atoms with Crippen LogP contribution in [0.3, 0.4) is 0 Å². The van der Waals surface area contributed by atoms with Crippen molar-refractivity contribution in [1.82, 2.24) is 0 Å². The van der Waals surface area contributed by atoms with Crippen LogP contribution in [-0.2, 0) is 26.8 Å². The average Bonchev–Trinajstić information content (AvgIpc) is 2.53. The van der Waals surface area contributed by atoms with Crippen LogP contribution in [-0.4, -0.2) is 12.0 Å². The Bertz CT molecular complexity index is 637. The smallest absolute Gasteiger partial charge is 0.472 e. The molecule has 2 rings (SSSR count). The average molecular weight is 322 g/mol. The number of hydrogen-bond acceptors (Lipinski definition) is 4. The van der Waals surface area contributed by atoms with Crippen LogP contribution in [0.15, 0.2) is 48.5 Å². The van der Waals surface area contributed by atoms with Gasteiger partial charge in [-0.2, -0.15) is 0 Å². The molecule has 0 aliphatic heterocycles. The summed E-state index contributed by atoms with van der Waals surface area (Å²) in [6, 6.07) is 14.6. The second kappa shape index (κ2) is 7.56. The minimum atomic E-state index is -4.09. The second-order valence-electron chi connectivity index (χ2n) is 4.85. The first-order valence-electron chi connectivity index (χ1n) is 6.79. The maximum atomic E-state index is 11.8. The Balaban J connectivity index is 1.84. The molecule has 22 heavy (non-hydrogen) atoms. The summed E-state index contributed by atoms with van der Waals surface area (Å²) in [7, 11) is -2.51. The molecule has 0 heterocycles. The summed E-state index contributed by atoms with van der Waals surface area (Å²) < 4.78 is 26.8. The quantitative estimate of drug-likeness (QED) is 0.785. The zero-order chi connectivity index (χ0) is 16.0. The highest BCUT2D eigenvalue weighted by Crippen LogP contribution is 2.45. The molecule has 0 amide bonds. The Morgan fingerprint density at radius 2 is 1.36 bits per heavy atom. The van der Waals surface area contributed by atoms with Crippen LogP contribution < -0.4 is 4.74 Å². The van der Waals surface area contributed by atoms with E-state index in [1.54, 1.807) is 31.4 Å². The predicted octanol–water partition coefficient (Wildman–Crippen LogP) is 3.84. The van der Waals surface area contributed by atoms with Gasteiger partial charge in [-0.15, -0.1) is 0 Å². The minimum absolute atomic E-state index is 0.00826. The molecule has 0 fully saturated rings. The molecule has 0 saturated heterocycles. The number of aryl methyl sites for hydroxylation is 1. The lowest BCUT2D eigenvalue weighted by Gasteiger charge is -2.12. The van der Waals surface area contributed by atoms with Gasteiger partial charge < -0.3 is 9.63 Å². The fraction of sp³-hybridized carbons (Fsp3) is 0.250. The van der Waals surface area contributed by atoms with Gasteiger partial charge in [0.2, 0.25) is 0 Å². The van der Waals surface area contributed by atoms with Crippen molar-refractivity contribution in [2.75, 3.05) is 7.11 Å². The SMILES string of the molecule is COc1ccc(COP(=O)(O)OCc2ccc(C)cc2)cc1. The van der Waals surface area contributed by atoms with E-state index in [9.17, 15) is 9.46 Å². The molecule has 118 valence electrons. The Morgan fingerprint density at radius 1 is 0.909 bits per heavy atom. The highest BCUT2D eigenvalue weighted by Gasteiger charge is 2.21. The Hall–Kier alpha value is -1.65. The van der Waals surface area contributed by atoms with Crippen molar-refractivity contribution < 1.29 is 23.2 Å². The Kier molecular flexibility index (Phi) is 5.75. The van der Waals surface area contributed by atoms with E-state index in [4.69, 9.17) is 13.8 Å². The van der Waals surface area contributed by atoms with Crippen LogP contribution in [0.25, 0.3) is 0 Å². The lowest BCUT2D eigenvalue weighted by atomic mass is 10.2.